The van der Waals surface area contributed by atoms with Crippen LogP contribution >= 0.6 is 0 Å². The largest absolute Gasteiger partial charge is 0.872 e. The molecule has 0 saturated heterocycles. The Morgan fingerprint density at radius 3 is 1.29 bits per heavy atom. The predicted molar refractivity (Wildman–Crippen MR) is 94.2 cm³/mol. The standard InChI is InChI=1S/C20H14O2.2U.4H2/c21-17-11-9-13-5-1-3-7-15(13)19(17)20-16-8-4-2-6-14(16)10-12-18(20)22;;;;;;/h1-12,21-22H;;;4*1H/p-2. The first-order valence-corrected chi connectivity index (χ1v) is 7.13. The van der Waals surface area contributed by atoms with Gasteiger partial charge in [0.25, 0.3) is 0 Å². The third-order valence-corrected chi connectivity index (χ3v) is 4.03. The second-order valence-electron chi connectivity index (χ2n) is 5.32. The summed E-state index contributed by atoms with van der Waals surface area (Å²) in [7, 11) is 0. The van der Waals surface area contributed by atoms with Gasteiger partial charge in [-0.15, -0.1) is 11.5 Å². The molecule has 4 aromatic rings. The first-order chi connectivity index (χ1) is 10.8. The fourth-order valence-corrected chi connectivity index (χ4v) is 3.02. The molecule has 0 amide bonds. The van der Waals surface area contributed by atoms with Crippen molar-refractivity contribution in [2.45, 2.75) is 0 Å². The van der Waals surface area contributed by atoms with E-state index in [0.29, 0.717) is 11.1 Å². The van der Waals surface area contributed by atoms with E-state index < -0.39 is 0 Å². The maximum Gasteiger partial charge on any atom is 0 e. The van der Waals surface area contributed by atoms with E-state index in [0.717, 1.165) is 21.5 Å². The molecule has 0 spiro atoms. The van der Waals surface area contributed by atoms with Crippen LogP contribution in [-0.2, 0) is 0 Å². The molecule has 0 radical (unpaired) electrons. The van der Waals surface area contributed by atoms with Gasteiger partial charge in [0.1, 0.15) is 0 Å². The Morgan fingerprint density at radius 2 is 0.875 bits per heavy atom. The maximum absolute atomic E-state index is 12.5. The Hall–Kier alpha value is -0.896. The molecule has 0 N–H and O–H groups in total. The normalized spacial score (nSPS) is 10.2. The number of fused-ring (bicyclic) bond motifs is 2. The van der Waals surface area contributed by atoms with Crippen LogP contribution in [-0.4, -0.2) is 0 Å². The third-order valence-electron chi connectivity index (χ3n) is 4.03. The van der Waals surface area contributed by atoms with Crippen LogP contribution in [0, 0.1) is 62.2 Å². The molecule has 0 aliphatic carbocycles. The Balaban J connectivity index is -0.00000104. The molecule has 4 heteroatoms. The summed E-state index contributed by atoms with van der Waals surface area (Å²) in [5.74, 6) is -0.237. The Kier molecular flexibility index (Phi) is 6.47. The zero-order valence-electron chi connectivity index (χ0n) is 12.7. The van der Waals surface area contributed by atoms with Crippen molar-refractivity contribution in [3.8, 4) is 22.6 Å². The minimum Gasteiger partial charge on any atom is -0.872 e. The van der Waals surface area contributed by atoms with Crippen LogP contribution in [0.2, 0.25) is 0 Å². The third kappa shape index (κ3) is 3.27. The molecular weight excluding hydrogens is 748 g/mol. The second kappa shape index (κ2) is 7.99. The van der Waals surface area contributed by atoms with Crippen LogP contribution in [0.5, 0.6) is 11.5 Å². The summed E-state index contributed by atoms with van der Waals surface area (Å²) in [5.41, 5.74) is 1.000. The van der Waals surface area contributed by atoms with Crippen molar-refractivity contribution in [3.63, 3.8) is 0 Å². The van der Waals surface area contributed by atoms with E-state index >= 15 is 0 Å². The van der Waals surface area contributed by atoms with Crippen molar-refractivity contribution >= 4 is 21.5 Å². The monoisotopic (exact) mass is 768 g/mol. The van der Waals surface area contributed by atoms with Gasteiger partial charge >= 0.3 is 0 Å². The molecule has 24 heavy (non-hydrogen) atoms. The van der Waals surface area contributed by atoms with Gasteiger partial charge in [0.05, 0.1) is 0 Å². The molecule has 0 fully saturated rings. The molecule has 0 saturated carbocycles. The number of hydrogen-bond acceptors (Lipinski definition) is 2. The van der Waals surface area contributed by atoms with Crippen molar-refractivity contribution in [2.75, 3.05) is 0 Å². The van der Waals surface area contributed by atoms with Crippen molar-refractivity contribution < 1.29 is 78.1 Å². The second-order valence-corrected chi connectivity index (χ2v) is 5.32. The topological polar surface area (TPSA) is 46.1 Å². The van der Waals surface area contributed by atoms with E-state index in [9.17, 15) is 10.2 Å². The van der Waals surface area contributed by atoms with Gasteiger partial charge in [-0.3, -0.25) is 0 Å². The first kappa shape index (κ1) is 19.4. The molecule has 0 aliphatic heterocycles. The molecule has 2 nitrogen and oxygen atoms in total. The minimum absolute atomic E-state index is 0. The van der Waals surface area contributed by atoms with Crippen LogP contribution in [0.4, 0.5) is 0 Å². The van der Waals surface area contributed by atoms with Gasteiger partial charge in [0.15, 0.2) is 0 Å². The summed E-state index contributed by atoms with van der Waals surface area (Å²) < 4.78 is 0. The van der Waals surface area contributed by atoms with E-state index in [4.69, 9.17) is 0 Å². The number of rotatable bonds is 1. The fourth-order valence-electron chi connectivity index (χ4n) is 3.02. The van der Waals surface area contributed by atoms with E-state index in [-0.39, 0.29) is 79.4 Å². The van der Waals surface area contributed by atoms with Gasteiger partial charge in [-0.05, 0) is 32.7 Å². The summed E-state index contributed by atoms with van der Waals surface area (Å²) in [4.78, 5) is 0. The van der Waals surface area contributed by atoms with E-state index in [1.165, 1.54) is 0 Å². The van der Waals surface area contributed by atoms with Gasteiger partial charge < -0.3 is 10.2 Å². The van der Waals surface area contributed by atoms with Crippen molar-refractivity contribution in [1.29, 1.82) is 0 Å². The van der Waals surface area contributed by atoms with E-state index in [1.807, 2.05) is 48.5 Å². The molecular formula is C20H20O2U2-2. The van der Waals surface area contributed by atoms with Gasteiger partial charge in [-0.2, -0.15) is 0 Å². The molecule has 0 heterocycles. The quantitative estimate of drug-likeness (QED) is 0.280. The molecule has 0 unspecified atom stereocenters. The van der Waals surface area contributed by atoms with Gasteiger partial charge in [0.2, 0.25) is 0 Å². The summed E-state index contributed by atoms with van der Waals surface area (Å²) >= 11 is 0. The van der Waals surface area contributed by atoms with Crippen LogP contribution in [0.3, 0.4) is 0 Å². The van der Waals surface area contributed by atoms with Crippen molar-refractivity contribution in [2.24, 2.45) is 0 Å². The average Bonchev–Trinajstić information content (AvgIpc) is 2.56. The van der Waals surface area contributed by atoms with Gasteiger partial charge in [0, 0.05) is 67.9 Å². The molecule has 0 aliphatic rings. The molecule has 0 atom stereocenters. The molecule has 0 bridgehead atoms. The SMILES string of the molecule is [HH].[HH].[HH].[HH].[O-]c1ccc2ccccc2c1-c1c([O-])ccc2ccccc12.[U].[U]. The van der Waals surface area contributed by atoms with Crippen LogP contribution < -0.4 is 10.2 Å². The molecule has 4 rings (SSSR count). The maximum atomic E-state index is 12.5. The smallest absolute Gasteiger partial charge is 0 e. The number of hydrogen-bond donors (Lipinski definition) is 0. The predicted octanol–water partition coefficient (Wildman–Crippen LogP) is 4.79. The van der Waals surface area contributed by atoms with Crippen LogP contribution in [0.15, 0.2) is 72.8 Å². The summed E-state index contributed by atoms with van der Waals surface area (Å²) in [6.07, 6.45) is 0. The minimum atomic E-state index is -0.118. The zero-order chi connectivity index (χ0) is 15.1. The summed E-state index contributed by atoms with van der Waals surface area (Å²) in [5, 5.41) is 28.6. The zero-order valence-corrected chi connectivity index (χ0v) is 21.1. The van der Waals surface area contributed by atoms with Crippen molar-refractivity contribution in [1.82, 2.24) is 0 Å². The Morgan fingerprint density at radius 1 is 0.500 bits per heavy atom. The van der Waals surface area contributed by atoms with Crippen LogP contribution in [0.1, 0.15) is 5.71 Å². The Labute approximate surface area is 193 Å². The summed E-state index contributed by atoms with van der Waals surface area (Å²) in [6.45, 7) is 0. The average molecular weight is 768 g/mol. The van der Waals surface area contributed by atoms with Gasteiger partial charge in [-0.25, -0.2) is 0 Å². The molecule has 122 valence electrons. The summed E-state index contributed by atoms with van der Waals surface area (Å²) in [6, 6.07) is 22.0. The van der Waals surface area contributed by atoms with E-state index in [2.05, 4.69) is 0 Å². The van der Waals surface area contributed by atoms with Crippen molar-refractivity contribution in [3.05, 3.63) is 72.8 Å². The first-order valence-electron chi connectivity index (χ1n) is 7.13. The van der Waals surface area contributed by atoms with Crippen LogP contribution in [0.25, 0.3) is 32.7 Å². The Bertz CT molecular complexity index is 946. The van der Waals surface area contributed by atoms with Gasteiger partial charge in [-0.1, -0.05) is 72.8 Å². The number of benzene rings is 4. The molecule has 4 aromatic carbocycles. The van der Waals surface area contributed by atoms with E-state index in [1.54, 1.807) is 24.3 Å². The molecule has 0 aromatic heterocycles. The fraction of sp³-hybridized carbons (Fsp3) is 0.